The first kappa shape index (κ1) is 17.7. The number of fused-ring (bicyclic) bond motifs is 1. The Hall–Kier alpha value is -2.71. The van der Waals surface area contributed by atoms with E-state index in [9.17, 15) is 9.59 Å². The molecule has 7 nitrogen and oxygen atoms in total. The quantitative estimate of drug-likeness (QED) is 0.704. The number of imidazole rings is 1. The number of nitrogens with one attached hydrogen (secondary N) is 2. The third-order valence-electron chi connectivity index (χ3n) is 4.82. The van der Waals surface area contributed by atoms with Crippen LogP contribution in [-0.4, -0.2) is 70.9 Å². The number of benzene rings is 1. The molecule has 2 aromatic heterocycles. The van der Waals surface area contributed by atoms with Crippen LogP contribution in [0.15, 0.2) is 41.4 Å². The van der Waals surface area contributed by atoms with E-state index in [1.54, 1.807) is 23.7 Å². The van der Waals surface area contributed by atoms with Gasteiger partial charge in [-0.05, 0) is 29.6 Å². The maximum absolute atomic E-state index is 12.4. The molecule has 4 rings (SSSR count). The summed E-state index contributed by atoms with van der Waals surface area (Å²) >= 11 is 1.54. The summed E-state index contributed by atoms with van der Waals surface area (Å²) in [6.07, 6.45) is 1.62. The van der Waals surface area contributed by atoms with Gasteiger partial charge < -0.3 is 15.2 Å². The monoisotopic (exact) mass is 383 g/mol. The van der Waals surface area contributed by atoms with Crippen molar-refractivity contribution in [1.29, 1.82) is 0 Å². The highest BCUT2D eigenvalue weighted by molar-refractivity contribution is 7.08. The normalized spacial score (nSPS) is 15.2. The van der Waals surface area contributed by atoms with Crippen LogP contribution < -0.4 is 5.32 Å². The molecule has 1 aromatic carbocycles. The number of hydrogen-bond acceptors (Lipinski definition) is 5. The van der Waals surface area contributed by atoms with Crippen molar-refractivity contribution in [3.63, 3.8) is 0 Å². The van der Waals surface area contributed by atoms with E-state index in [-0.39, 0.29) is 11.8 Å². The Morgan fingerprint density at radius 1 is 1.15 bits per heavy atom. The van der Waals surface area contributed by atoms with Gasteiger partial charge in [-0.15, -0.1) is 0 Å². The lowest BCUT2D eigenvalue weighted by molar-refractivity contribution is 0.0638. The molecule has 27 heavy (non-hydrogen) atoms. The summed E-state index contributed by atoms with van der Waals surface area (Å²) in [7, 11) is 0. The van der Waals surface area contributed by atoms with Gasteiger partial charge in [-0.3, -0.25) is 14.5 Å². The number of amides is 2. The predicted molar refractivity (Wildman–Crippen MR) is 105 cm³/mol. The Morgan fingerprint density at radius 2 is 2.00 bits per heavy atom. The van der Waals surface area contributed by atoms with Crippen LogP contribution in [0.4, 0.5) is 0 Å². The van der Waals surface area contributed by atoms with Crippen molar-refractivity contribution in [1.82, 2.24) is 25.1 Å². The zero-order chi connectivity index (χ0) is 18.6. The summed E-state index contributed by atoms with van der Waals surface area (Å²) in [4.78, 5) is 36.0. The summed E-state index contributed by atoms with van der Waals surface area (Å²) in [6.45, 7) is 4.45. The molecule has 0 spiro atoms. The van der Waals surface area contributed by atoms with E-state index >= 15 is 0 Å². The molecule has 0 aliphatic carbocycles. The second-order valence-corrected chi connectivity index (χ2v) is 7.32. The van der Waals surface area contributed by atoms with Crippen LogP contribution >= 0.6 is 11.3 Å². The number of carbonyl (C=O) groups is 2. The second kappa shape index (κ2) is 7.89. The van der Waals surface area contributed by atoms with Gasteiger partial charge in [0.05, 0.1) is 22.9 Å². The van der Waals surface area contributed by atoms with Gasteiger partial charge in [0.1, 0.15) is 0 Å². The molecular weight excluding hydrogens is 362 g/mol. The Balaban J connectivity index is 1.22. The lowest BCUT2D eigenvalue weighted by Gasteiger charge is -2.34. The highest BCUT2D eigenvalue weighted by Crippen LogP contribution is 2.13. The molecule has 2 amide bonds. The van der Waals surface area contributed by atoms with Crippen molar-refractivity contribution in [2.24, 2.45) is 0 Å². The van der Waals surface area contributed by atoms with Crippen LogP contribution in [0.3, 0.4) is 0 Å². The summed E-state index contributed by atoms with van der Waals surface area (Å²) in [5.41, 5.74) is 3.10. The molecule has 0 bridgehead atoms. The van der Waals surface area contributed by atoms with Gasteiger partial charge in [0.15, 0.2) is 0 Å². The Kier molecular flexibility index (Phi) is 5.17. The molecule has 3 heterocycles. The Morgan fingerprint density at radius 3 is 2.78 bits per heavy atom. The average molecular weight is 383 g/mol. The SMILES string of the molecule is O=C(NCCN1CCN(C(=O)c2ccsc2)CC1)c1ccc2nc[nH]c2c1. The number of carbonyl (C=O) groups excluding carboxylic acids is 2. The van der Waals surface area contributed by atoms with E-state index in [2.05, 4.69) is 20.2 Å². The van der Waals surface area contributed by atoms with Crippen LogP contribution in [0.1, 0.15) is 20.7 Å². The smallest absolute Gasteiger partial charge is 0.254 e. The minimum atomic E-state index is -0.0854. The highest BCUT2D eigenvalue weighted by Gasteiger charge is 2.22. The van der Waals surface area contributed by atoms with Crippen molar-refractivity contribution in [2.45, 2.75) is 0 Å². The van der Waals surface area contributed by atoms with Crippen LogP contribution in [0, 0.1) is 0 Å². The van der Waals surface area contributed by atoms with Gasteiger partial charge >= 0.3 is 0 Å². The first-order chi connectivity index (χ1) is 13.2. The standard InChI is InChI=1S/C19H21N5O2S/c25-18(14-1-2-16-17(11-14)22-13-21-16)20-4-5-23-6-8-24(9-7-23)19(26)15-3-10-27-12-15/h1-3,10-13H,4-9H2,(H,20,25)(H,21,22). The minimum absolute atomic E-state index is 0.0854. The second-order valence-electron chi connectivity index (χ2n) is 6.54. The molecule has 1 aliphatic heterocycles. The largest absolute Gasteiger partial charge is 0.351 e. The molecule has 0 atom stereocenters. The Bertz CT molecular complexity index is 929. The topological polar surface area (TPSA) is 81.3 Å². The van der Waals surface area contributed by atoms with E-state index < -0.39 is 0 Å². The third kappa shape index (κ3) is 4.01. The number of piperazine rings is 1. The fourth-order valence-corrected chi connectivity index (χ4v) is 3.88. The van der Waals surface area contributed by atoms with Gasteiger partial charge in [-0.1, -0.05) is 0 Å². The van der Waals surface area contributed by atoms with E-state index in [1.807, 2.05) is 33.9 Å². The van der Waals surface area contributed by atoms with Crippen molar-refractivity contribution >= 4 is 34.2 Å². The summed E-state index contributed by atoms with van der Waals surface area (Å²) < 4.78 is 0. The molecule has 0 unspecified atom stereocenters. The fraction of sp³-hybridized carbons (Fsp3) is 0.316. The number of hydrogen-bond donors (Lipinski definition) is 2. The molecule has 8 heteroatoms. The van der Waals surface area contributed by atoms with Gasteiger partial charge in [0.25, 0.3) is 11.8 Å². The van der Waals surface area contributed by atoms with Crippen molar-refractivity contribution in [3.05, 3.63) is 52.5 Å². The summed E-state index contributed by atoms with van der Waals surface area (Å²) in [5.74, 6) is 0.0242. The molecule has 0 radical (unpaired) electrons. The average Bonchev–Trinajstić information content (AvgIpc) is 3.39. The van der Waals surface area contributed by atoms with Crippen molar-refractivity contribution < 1.29 is 9.59 Å². The van der Waals surface area contributed by atoms with Gasteiger partial charge in [-0.2, -0.15) is 11.3 Å². The van der Waals surface area contributed by atoms with E-state index in [0.29, 0.717) is 12.1 Å². The lowest BCUT2D eigenvalue weighted by Crippen LogP contribution is -2.50. The van der Waals surface area contributed by atoms with E-state index in [0.717, 1.165) is 49.3 Å². The Labute approximate surface area is 161 Å². The molecule has 140 valence electrons. The number of nitrogens with zero attached hydrogens (tertiary/aromatic N) is 3. The molecule has 1 fully saturated rings. The van der Waals surface area contributed by atoms with Crippen LogP contribution in [-0.2, 0) is 0 Å². The first-order valence-corrected chi connectivity index (χ1v) is 9.90. The van der Waals surface area contributed by atoms with Crippen molar-refractivity contribution in [3.8, 4) is 0 Å². The number of H-pyrrole nitrogens is 1. The number of rotatable bonds is 5. The lowest BCUT2D eigenvalue weighted by atomic mass is 10.2. The molecule has 2 N–H and O–H groups in total. The third-order valence-corrected chi connectivity index (χ3v) is 5.51. The van der Waals surface area contributed by atoms with Gasteiger partial charge in [-0.25, -0.2) is 4.98 Å². The molecule has 1 saturated heterocycles. The molecule has 1 aliphatic rings. The fourth-order valence-electron chi connectivity index (χ4n) is 3.25. The van der Waals surface area contributed by atoms with Crippen molar-refractivity contribution in [2.75, 3.05) is 39.3 Å². The van der Waals surface area contributed by atoms with Gasteiger partial charge in [0, 0.05) is 50.2 Å². The number of thiophene rings is 1. The molecule has 3 aromatic rings. The summed E-state index contributed by atoms with van der Waals surface area (Å²) in [5, 5.41) is 6.79. The maximum atomic E-state index is 12.4. The van der Waals surface area contributed by atoms with Gasteiger partial charge in [0.2, 0.25) is 0 Å². The van der Waals surface area contributed by atoms with E-state index in [1.165, 1.54) is 0 Å². The maximum Gasteiger partial charge on any atom is 0.254 e. The van der Waals surface area contributed by atoms with Crippen LogP contribution in [0.2, 0.25) is 0 Å². The zero-order valence-electron chi connectivity index (χ0n) is 14.9. The molecule has 0 saturated carbocycles. The molecular formula is C19H21N5O2S. The number of aromatic amines is 1. The first-order valence-electron chi connectivity index (χ1n) is 8.96. The highest BCUT2D eigenvalue weighted by atomic mass is 32.1. The number of aromatic nitrogens is 2. The van der Waals surface area contributed by atoms with E-state index in [4.69, 9.17) is 0 Å². The zero-order valence-corrected chi connectivity index (χ0v) is 15.7. The van der Waals surface area contributed by atoms with Crippen LogP contribution in [0.25, 0.3) is 11.0 Å². The predicted octanol–water partition coefficient (Wildman–Crippen LogP) is 1.81. The van der Waals surface area contributed by atoms with Crippen LogP contribution in [0.5, 0.6) is 0 Å². The summed E-state index contributed by atoms with van der Waals surface area (Å²) in [6, 6.07) is 7.31. The minimum Gasteiger partial charge on any atom is -0.351 e.